The van der Waals surface area contributed by atoms with Crippen molar-refractivity contribution in [1.29, 1.82) is 0 Å². The van der Waals surface area contributed by atoms with Gasteiger partial charge in [-0.05, 0) is 42.8 Å². The molecule has 0 radical (unpaired) electrons. The minimum Gasteiger partial charge on any atom is -0.438 e. The molecule has 0 aliphatic rings. The Morgan fingerprint density at radius 2 is 1.95 bits per heavy atom. The summed E-state index contributed by atoms with van der Waals surface area (Å²) in [5.41, 5.74) is 8.54. The van der Waals surface area contributed by atoms with Gasteiger partial charge in [-0.3, -0.25) is 0 Å². The second kappa shape index (κ2) is 5.72. The molecule has 2 N–H and O–H groups in total. The summed E-state index contributed by atoms with van der Waals surface area (Å²) in [6.07, 6.45) is 0. The Kier molecular flexibility index (Phi) is 3.78. The third kappa shape index (κ3) is 2.84. The summed E-state index contributed by atoms with van der Waals surface area (Å²) in [6, 6.07) is 15.4. The summed E-state index contributed by atoms with van der Waals surface area (Å²) in [5.74, 6) is 1.28. The van der Waals surface area contributed by atoms with E-state index in [1.165, 1.54) is 0 Å². The van der Waals surface area contributed by atoms with Crippen molar-refractivity contribution >= 4 is 22.5 Å². The molecule has 2 aromatic carbocycles. The van der Waals surface area contributed by atoms with Gasteiger partial charge in [-0.1, -0.05) is 29.8 Å². The van der Waals surface area contributed by atoms with Gasteiger partial charge in [0, 0.05) is 22.5 Å². The average molecular weight is 299 g/mol. The van der Waals surface area contributed by atoms with Gasteiger partial charge in [0.05, 0.1) is 5.52 Å². The maximum absolute atomic E-state index is 5.97. The van der Waals surface area contributed by atoms with Crippen LogP contribution in [0.15, 0.2) is 48.5 Å². The molecule has 1 heterocycles. The van der Waals surface area contributed by atoms with Gasteiger partial charge in [0.15, 0.2) is 0 Å². The summed E-state index contributed by atoms with van der Waals surface area (Å²) in [4.78, 5) is 4.57. The molecule has 0 saturated heterocycles. The molecule has 0 spiro atoms. The summed E-state index contributed by atoms with van der Waals surface area (Å²) in [6.45, 7) is 2.32. The van der Waals surface area contributed by atoms with E-state index in [0.717, 1.165) is 27.8 Å². The number of aryl methyl sites for hydroxylation is 1. The fourth-order valence-electron chi connectivity index (χ4n) is 2.21. The third-order valence-corrected chi connectivity index (χ3v) is 3.56. The standard InChI is InChI=1S/C17H15ClN2O/c1-11-8-14(18)6-7-16(11)21-17-13(10-19)9-12-4-2-3-5-15(12)20-17/h2-9H,10,19H2,1H3. The fourth-order valence-corrected chi connectivity index (χ4v) is 2.43. The van der Waals surface area contributed by atoms with Crippen LogP contribution in [0, 0.1) is 6.92 Å². The lowest BCUT2D eigenvalue weighted by molar-refractivity contribution is 0.455. The van der Waals surface area contributed by atoms with Crippen molar-refractivity contribution in [3.05, 3.63) is 64.7 Å². The molecule has 0 amide bonds. The van der Waals surface area contributed by atoms with Gasteiger partial charge < -0.3 is 10.5 Å². The lowest BCUT2D eigenvalue weighted by Gasteiger charge is -2.12. The monoisotopic (exact) mass is 298 g/mol. The van der Waals surface area contributed by atoms with Gasteiger partial charge in [0.1, 0.15) is 5.75 Å². The first kappa shape index (κ1) is 13.9. The van der Waals surface area contributed by atoms with Crippen LogP contribution in [-0.4, -0.2) is 4.98 Å². The van der Waals surface area contributed by atoms with Crippen molar-refractivity contribution in [3.63, 3.8) is 0 Å². The molecule has 3 aromatic rings. The van der Waals surface area contributed by atoms with E-state index in [0.29, 0.717) is 17.4 Å². The molecule has 21 heavy (non-hydrogen) atoms. The van der Waals surface area contributed by atoms with Gasteiger partial charge in [-0.25, -0.2) is 4.98 Å². The number of pyridine rings is 1. The predicted octanol–water partition coefficient (Wildman–Crippen LogP) is 4.45. The number of nitrogens with zero attached hydrogens (tertiary/aromatic N) is 1. The Morgan fingerprint density at radius 3 is 2.71 bits per heavy atom. The zero-order valence-electron chi connectivity index (χ0n) is 11.6. The van der Waals surface area contributed by atoms with Crippen molar-refractivity contribution in [2.75, 3.05) is 0 Å². The number of ether oxygens (including phenoxy) is 1. The molecule has 0 unspecified atom stereocenters. The first-order chi connectivity index (χ1) is 10.2. The second-order valence-corrected chi connectivity index (χ2v) is 5.30. The van der Waals surface area contributed by atoms with Crippen molar-refractivity contribution in [2.45, 2.75) is 13.5 Å². The van der Waals surface area contributed by atoms with Crippen LogP contribution >= 0.6 is 11.6 Å². The molecule has 0 aliphatic carbocycles. The molecule has 0 atom stereocenters. The third-order valence-electron chi connectivity index (χ3n) is 3.33. The molecule has 0 fully saturated rings. The van der Waals surface area contributed by atoms with Crippen molar-refractivity contribution < 1.29 is 4.74 Å². The van der Waals surface area contributed by atoms with Crippen molar-refractivity contribution in [1.82, 2.24) is 4.98 Å². The predicted molar refractivity (Wildman–Crippen MR) is 85.9 cm³/mol. The van der Waals surface area contributed by atoms with Gasteiger partial charge in [0.2, 0.25) is 5.88 Å². The maximum atomic E-state index is 5.97. The van der Waals surface area contributed by atoms with Crippen LogP contribution in [0.1, 0.15) is 11.1 Å². The number of hydrogen-bond donors (Lipinski definition) is 1. The Morgan fingerprint density at radius 1 is 1.14 bits per heavy atom. The van der Waals surface area contributed by atoms with Crippen LogP contribution in [0.5, 0.6) is 11.6 Å². The van der Waals surface area contributed by atoms with Crippen molar-refractivity contribution in [2.24, 2.45) is 5.73 Å². The van der Waals surface area contributed by atoms with E-state index in [1.54, 1.807) is 6.07 Å². The Bertz CT molecular complexity index is 802. The molecule has 3 rings (SSSR count). The van der Waals surface area contributed by atoms with E-state index < -0.39 is 0 Å². The minimum atomic E-state index is 0.375. The largest absolute Gasteiger partial charge is 0.438 e. The van der Waals surface area contributed by atoms with Gasteiger partial charge in [-0.15, -0.1) is 0 Å². The Hall–Kier alpha value is -2.10. The number of nitrogens with two attached hydrogens (primary N) is 1. The van der Waals surface area contributed by atoms with Crippen molar-refractivity contribution in [3.8, 4) is 11.6 Å². The van der Waals surface area contributed by atoms with Crippen LogP contribution in [0.2, 0.25) is 5.02 Å². The molecule has 0 aliphatic heterocycles. The highest BCUT2D eigenvalue weighted by atomic mass is 35.5. The Labute approximate surface area is 128 Å². The number of fused-ring (bicyclic) bond motifs is 1. The molecular weight excluding hydrogens is 284 g/mol. The van der Waals surface area contributed by atoms with E-state index in [-0.39, 0.29) is 0 Å². The topological polar surface area (TPSA) is 48.1 Å². The minimum absolute atomic E-state index is 0.375. The average Bonchev–Trinajstić information content (AvgIpc) is 2.49. The van der Waals surface area contributed by atoms with Gasteiger partial charge in [0.25, 0.3) is 0 Å². The van der Waals surface area contributed by atoms with E-state index in [4.69, 9.17) is 22.1 Å². The molecule has 1 aromatic heterocycles. The number of hydrogen-bond acceptors (Lipinski definition) is 3. The van der Waals surface area contributed by atoms with E-state index in [1.807, 2.05) is 49.4 Å². The molecule has 0 saturated carbocycles. The Balaban J connectivity index is 2.06. The first-order valence-electron chi connectivity index (χ1n) is 6.70. The van der Waals surface area contributed by atoms with Crippen LogP contribution in [-0.2, 0) is 6.54 Å². The first-order valence-corrected chi connectivity index (χ1v) is 7.08. The number of para-hydroxylation sites is 1. The van der Waals surface area contributed by atoms with E-state index >= 15 is 0 Å². The summed E-state index contributed by atoms with van der Waals surface area (Å²) in [7, 11) is 0. The number of aromatic nitrogens is 1. The van der Waals surface area contributed by atoms with E-state index in [2.05, 4.69) is 4.98 Å². The lowest BCUT2D eigenvalue weighted by atomic mass is 10.1. The summed E-state index contributed by atoms with van der Waals surface area (Å²) in [5, 5.41) is 1.74. The summed E-state index contributed by atoms with van der Waals surface area (Å²) >= 11 is 5.97. The zero-order valence-corrected chi connectivity index (χ0v) is 12.4. The number of halogens is 1. The fraction of sp³-hybridized carbons (Fsp3) is 0.118. The van der Waals surface area contributed by atoms with Crippen LogP contribution < -0.4 is 10.5 Å². The molecule has 106 valence electrons. The quantitative estimate of drug-likeness (QED) is 0.777. The van der Waals surface area contributed by atoms with Crippen LogP contribution in [0.4, 0.5) is 0 Å². The van der Waals surface area contributed by atoms with Gasteiger partial charge in [-0.2, -0.15) is 0 Å². The lowest BCUT2D eigenvalue weighted by Crippen LogP contribution is -2.02. The number of benzene rings is 2. The highest BCUT2D eigenvalue weighted by Gasteiger charge is 2.10. The molecule has 0 bridgehead atoms. The van der Waals surface area contributed by atoms with E-state index in [9.17, 15) is 0 Å². The van der Waals surface area contributed by atoms with Crippen LogP contribution in [0.3, 0.4) is 0 Å². The SMILES string of the molecule is Cc1cc(Cl)ccc1Oc1nc2ccccc2cc1CN. The highest BCUT2D eigenvalue weighted by Crippen LogP contribution is 2.30. The maximum Gasteiger partial charge on any atom is 0.224 e. The zero-order chi connectivity index (χ0) is 14.8. The molecular formula is C17H15ClN2O. The number of rotatable bonds is 3. The normalized spacial score (nSPS) is 10.8. The molecule has 4 heteroatoms. The van der Waals surface area contributed by atoms with Gasteiger partial charge >= 0.3 is 0 Å². The van der Waals surface area contributed by atoms with Crippen LogP contribution in [0.25, 0.3) is 10.9 Å². The highest BCUT2D eigenvalue weighted by molar-refractivity contribution is 6.30. The second-order valence-electron chi connectivity index (χ2n) is 4.86. The smallest absolute Gasteiger partial charge is 0.224 e. The summed E-state index contributed by atoms with van der Waals surface area (Å²) < 4.78 is 5.94. The molecule has 3 nitrogen and oxygen atoms in total.